The normalized spacial score (nSPS) is 10.7. The lowest BCUT2D eigenvalue weighted by Gasteiger charge is -1.97. The number of carboxylic acid groups (broad SMARTS) is 1. The Morgan fingerprint density at radius 1 is 1.43 bits per heavy atom. The molecule has 14 heavy (non-hydrogen) atoms. The van der Waals surface area contributed by atoms with E-state index in [1.165, 1.54) is 0 Å². The predicted octanol–water partition coefficient (Wildman–Crippen LogP) is 2.61. The van der Waals surface area contributed by atoms with E-state index in [9.17, 15) is 4.79 Å². The number of carbonyl (C=O) groups is 1. The lowest BCUT2D eigenvalue weighted by atomic mass is 10.1. The molecule has 0 fully saturated rings. The van der Waals surface area contributed by atoms with Gasteiger partial charge in [-0.2, -0.15) is 0 Å². The maximum atomic E-state index is 10.8. The van der Waals surface area contributed by atoms with Gasteiger partial charge in [0.1, 0.15) is 0 Å². The van der Waals surface area contributed by atoms with E-state index in [2.05, 4.69) is 4.98 Å². The SMILES string of the molecule is Cc1nc2cc(C(=O)O)cc(C)c2s1. The maximum Gasteiger partial charge on any atom is 0.335 e. The second kappa shape index (κ2) is 3.06. The summed E-state index contributed by atoms with van der Waals surface area (Å²) in [6.45, 7) is 3.83. The van der Waals surface area contributed by atoms with E-state index >= 15 is 0 Å². The molecular weight excluding hydrogens is 198 g/mol. The minimum absolute atomic E-state index is 0.306. The van der Waals surface area contributed by atoms with Gasteiger partial charge in [-0.05, 0) is 31.5 Å². The van der Waals surface area contributed by atoms with E-state index < -0.39 is 5.97 Å². The molecule has 0 radical (unpaired) electrons. The van der Waals surface area contributed by atoms with Gasteiger partial charge in [0.25, 0.3) is 0 Å². The van der Waals surface area contributed by atoms with E-state index in [0.29, 0.717) is 5.56 Å². The summed E-state index contributed by atoms with van der Waals surface area (Å²) in [5.41, 5.74) is 2.07. The Hall–Kier alpha value is -1.42. The summed E-state index contributed by atoms with van der Waals surface area (Å²) in [6.07, 6.45) is 0. The highest BCUT2D eigenvalue weighted by molar-refractivity contribution is 7.18. The highest BCUT2D eigenvalue weighted by Gasteiger charge is 2.09. The van der Waals surface area contributed by atoms with Crippen LogP contribution < -0.4 is 0 Å². The first-order chi connectivity index (χ1) is 6.58. The molecule has 0 unspecified atom stereocenters. The van der Waals surface area contributed by atoms with E-state index in [4.69, 9.17) is 5.11 Å². The quantitative estimate of drug-likeness (QED) is 0.782. The number of carboxylic acids is 1. The van der Waals surface area contributed by atoms with Gasteiger partial charge in [0.05, 0.1) is 20.8 Å². The fraction of sp³-hybridized carbons (Fsp3) is 0.200. The number of fused-ring (bicyclic) bond motifs is 1. The van der Waals surface area contributed by atoms with Gasteiger partial charge in [0, 0.05) is 0 Å². The molecule has 2 aromatic rings. The van der Waals surface area contributed by atoms with Crippen molar-refractivity contribution in [3.8, 4) is 0 Å². The monoisotopic (exact) mass is 207 g/mol. The summed E-state index contributed by atoms with van der Waals surface area (Å²) in [5, 5.41) is 9.81. The summed E-state index contributed by atoms with van der Waals surface area (Å²) in [7, 11) is 0. The van der Waals surface area contributed by atoms with Crippen LogP contribution in [-0.4, -0.2) is 16.1 Å². The smallest absolute Gasteiger partial charge is 0.335 e. The number of benzene rings is 1. The summed E-state index contributed by atoms with van der Waals surface area (Å²) in [4.78, 5) is 15.1. The van der Waals surface area contributed by atoms with Crippen molar-refractivity contribution in [2.24, 2.45) is 0 Å². The molecule has 2 rings (SSSR count). The van der Waals surface area contributed by atoms with Crippen LogP contribution in [0.5, 0.6) is 0 Å². The number of nitrogens with zero attached hydrogens (tertiary/aromatic N) is 1. The molecule has 0 atom stereocenters. The lowest BCUT2D eigenvalue weighted by Crippen LogP contribution is -1.96. The molecule has 0 spiro atoms. The van der Waals surface area contributed by atoms with Crippen molar-refractivity contribution in [3.63, 3.8) is 0 Å². The second-order valence-electron chi connectivity index (χ2n) is 3.18. The highest BCUT2D eigenvalue weighted by Crippen LogP contribution is 2.26. The van der Waals surface area contributed by atoms with Gasteiger partial charge in [-0.25, -0.2) is 9.78 Å². The van der Waals surface area contributed by atoms with Crippen molar-refractivity contribution < 1.29 is 9.90 Å². The van der Waals surface area contributed by atoms with Crippen LogP contribution >= 0.6 is 11.3 Å². The number of aromatic nitrogens is 1. The fourth-order valence-electron chi connectivity index (χ4n) is 1.43. The summed E-state index contributed by atoms with van der Waals surface area (Å²) >= 11 is 1.60. The topological polar surface area (TPSA) is 50.2 Å². The Balaban J connectivity index is 2.77. The molecule has 0 aliphatic heterocycles. The molecule has 3 nitrogen and oxygen atoms in total. The summed E-state index contributed by atoms with van der Waals surface area (Å²) in [6, 6.07) is 3.30. The standard InChI is InChI=1S/C10H9NO2S/c1-5-3-7(10(12)13)4-8-9(5)14-6(2)11-8/h3-4H,1-2H3,(H,12,13). The maximum absolute atomic E-state index is 10.8. The van der Waals surface area contributed by atoms with Gasteiger partial charge in [-0.1, -0.05) is 0 Å². The molecule has 72 valence electrons. The van der Waals surface area contributed by atoms with Crippen molar-refractivity contribution in [3.05, 3.63) is 28.3 Å². The molecule has 1 aromatic heterocycles. The zero-order valence-electron chi connectivity index (χ0n) is 7.87. The lowest BCUT2D eigenvalue weighted by molar-refractivity contribution is 0.0697. The number of thiazole rings is 1. The average Bonchev–Trinajstić information content (AvgIpc) is 2.45. The van der Waals surface area contributed by atoms with Gasteiger partial charge < -0.3 is 5.11 Å². The Bertz CT molecular complexity index is 516. The van der Waals surface area contributed by atoms with E-state index in [1.807, 2.05) is 13.8 Å². The highest BCUT2D eigenvalue weighted by atomic mass is 32.1. The first-order valence-electron chi connectivity index (χ1n) is 4.19. The zero-order chi connectivity index (χ0) is 10.3. The Morgan fingerprint density at radius 2 is 2.14 bits per heavy atom. The largest absolute Gasteiger partial charge is 0.478 e. The molecule has 1 heterocycles. The molecule has 0 bridgehead atoms. The van der Waals surface area contributed by atoms with Crippen molar-refractivity contribution in [1.82, 2.24) is 4.98 Å². The Kier molecular flexibility index (Phi) is 2.00. The second-order valence-corrected chi connectivity index (χ2v) is 4.38. The zero-order valence-corrected chi connectivity index (χ0v) is 8.68. The number of aromatic carboxylic acids is 1. The summed E-state index contributed by atoms with van der Waals surface area (Å²) in [5.74, 6) is -0.902. The molecule has 1 aromatic carbocycles. The van der Waals surface area contributed by atoms with Crippen molar-refractivity contribution in [1.29, 1.82) is 0 Å². The number of hydrogen-bond acceptors (Lipinski definition) is 3. The van der Waals surface area contributed by atoms with Crippen LogP contribution in [0.3, 0.4) is 0 Å². The molecule has 0 saturated carbocycles. The third-order valence-electron chi connectivity index (χ3n) is 2.03. The van der Waals surface area contributed by atoms with Gasteiger partial charge >= 0.3 is 5.97 Å². The van der Waals surface area contributed by atoms with Gasteiger partial charge in [-0.15, -0.1) is 11.3 Å². The van der Waals surface area contributed by atoms with Crippen LogP contribution in [-0.2, 0) is 0 Å². The van der Waals surface area contributed by atoms with Gasteiger partial charge in [-0.3, -0.25) is 0 Å². The van der Waals surface area contributed by atoms with Crippen LogP contribution in [0.15, 0.2) is 12.1 Å². The van der Waals surface area contributed by atoms with Gasteiger partial charge in [0.2, 0.25) is 0 Å². The van der Waals surface area contributed by atoms with Crippen LogP contribution in [0.25, 0.3) is 10.2 Å². The van der Waals surface area contributed by atoms with Crippen molar-refractivity contribution in [2.75, 3.05) is 0 Å². The molecule has 0 aliphatic carbocycles. The van der Waals surface area contributed by atoms with E-state index in [1.54, 1.807) is 23.5 Å². The molecule has 0 amide bonds. The van der Waals surface area contributed by atoms with Crippen LogP contribution in [0.4, 0.5) is 0 Å². The third kappa shape index (κ3) is 1.37. The van der Waals surface area contributed by atoms with Crippen LogP contribution in [0.1, 0.15) is 20.9 Å². The van der Waals surface area contributed by atoms with Crippen LogP contribution in [0.2, 0.25) is 0 Å². The number of aryl methyl sites for hydroxylation is 2. The molecular formula is C10H9NO2S. The molecule has 4 heteroatoms. The minimum Gasteiger partial charge on any atom is -0.478 e. The predicted molar refractivity (Wildman–Crippen MR) is 56.1 cm³/mol. The minimum atomic E-state index is -0.902. The Labute approximate surface area is 85.0 Å². The molecule has 0 saturated heterocycles. The number of rotatable bonds is 1. The first kappa shape index (κ1) is 9.15. The van der Waals surface area contributed by atoms with Crippen molar-refractivity contribution in [2.45, 2.75) is 13.8 Å². The molecule has 0 aliphatic rings. The summed E-state index contributed by atoms with van der Waals surface area (Å²) < 4.78 is 1.08. The van der Waals surface area contributed by atoms with E-state index in [0.717, 1.165) is 20.8 Å². The average molecular weight is 207 g/mol. The fourth-order valence-corrected chi connectivity index (χ4v) is 2.30. The first-order valence-corrected chi connectivity index (χ1v) is 5.00. The van der Waals surface area contributed by atoms with Crippen LogP contribution in [0, 0.1) is 13.8 Å². The molecule has 1 N–H and O–H groups in total. The van der Waals surface area contributed by atoms with Crippen molar-refractivity contribution >= 4 is 27.5 Å². The Morgan fingerprint density at radius 3 is 2.79 bits per heavy atom. The van der Waals surface area contributed by atoms with E-state index in [-0.39, 0.29) is 0 Å². The number of hydrogen-bond donors (Lipinski definition) is 1. The third-order valence-corrected chi connectivity index (χ3v) is 3.15. The van der Waals surface area contributed by atoms with Gasteiger partial charge in [0.15, 0.2) is 0 Å².